The number of nitrogens with one attached hydrogen (secondary N) is 1. The SMILES string of the molecule is Cc1ccc(C(=O)CC2CNCCO2)cc1C. The van der Waals surface area contributed by atoms with Gasteiger partial charge in [0.05, 0.1) is 12.7 Å². The smallest absolute Gasteiger partial charge is 0.165 e. The van der Waals surface area contributed by atoms with E-state index in [2.05, 4.69) is 12.2 Å². The molecule has 1 fully saturated rings. The van der Waals surface area contributed by atoms with Gasteiger partial charge >= 0.3 is 0 Å². The molecule has 1 atom stereocenters. The van der Waals surface area contributed by atoms with Crippen molar-refractivity contribution in [2.24, 2.45) is 0 Å². The van der Waals surface area contributed by atoms with Crippen LogP contribution < -0.4 is 5.32 Å². The molecule has 0 spiro atoms. The fourth-order valence-electron chi connectivity index (χ4n) is 1.99. The fraction of sp³-hybridized carbons (Fsp3) is 0.500. The standard InChI is InChI=1S/C14H19NO2/c1-10-3-4-12(7-11(10)2)14(16)8-13-9-15-5-6-17-13/h3-4,7,13,15H,5-6,8-9H2,1-2H3. The first-order valence-electron chi connectivity index (χ1n) is 6.09. The minimum absolute atomic E-state index is 0.0258. The van der Waals surface area contributed by atoms with Gasteiger partial charge in [-0.1, -0.05) is 12.1 Å². The number of ether oxygens (including phenoxy) is 1. The van der Waals surface area contributed by atoms with E-state index >= 15 is 0 Å². The van der Waals surface area contributed by atoms with E-state index in [1.165, 1.54) is 11.1 Å². The maximum absolute atomic E-state index is 12.1. The Morgan fingerprint density at radius 2 is 2.24 bits per heavy atom. The van der Waals surface area contributed by atoms with E-state index in [4.69, 9.17) is 4.74 Å². The zero-order chi connectivity index (χ0) is 12.3. The van der Waals surface area contributed by atoms with Crippen molar-refractivity contribution in [3.8, 4) is 0 Å². The van der Waals surface area contributed by atoms with E-state index in [0.717, 1.165) is 18.7 Å². The van der Waals surface area contributed by atoms with Crippen molar-refractivity contribution < 1.29 is 9.53 Å². The molecule has 0 aromatic heterocycles. The molecular formula is C14H19NO2. The van der Waals surface area contributed by atoms with Crippen molar-refractivity contribution in [1.29, 1.82) is 0 Å². The Bertz CT molecular complexity index is 409. The lowest BCUT2D eigenvalue weighted by Gasteiger charge is -2.23. The lowest BCUT2D eigenvalue weighted by Crippen LogP contribution is -2.39. The van der Waals surface area contributed by atoms with E-state index in [1.807, 2.05) is 25.1 Å². The van der Waals surface area contributed by atoms with E-state index < -0.39 is 0 Å². The van der Waals surface area contributed by atoms with Crippen LogP contribution in [0.4, 0.5) is 0 Å². The number of Topliss-reactive ketones (excluding diaryl/α,β-unsaturated/α-hetero) is 1. The van der Waals surface area contributed by atoms with Crippen molar-refractivity contribution in [1.82, 2.24) is 5.32 Å². The first-order valence-corrected chi connectivity index (χ1v) is 6.09. The van der Waals surface area contributed by atoms with E-state index in [-0.39, 0.29) is 11.9 Å². The quantitative estimate of drug-likeness (QED) is 0.810. The van der Waals surface area contributed by atoms with E-state index in [0.29, 0.717) is 13.0 Å². The molecule has 1 unspecified atom stereocenters. The summed E-state index contributed by atoms with van der Waals surface area (Å²) in [4.78, 5) is 12.1. The van der Waals surface area contributed by atoms with Crippen LogP contribution in [0, 0.1) is 13.8 Å². The van der Waals surface area contributed by atoms with Crippen LogP contribution >= 0.6 is 0 Å². The van der Waals surface area contributed by atoms with Crippen LogP contribution in [0.3, 0.4) is 0 Å². The molecular weight excluding hydrogens is 214 g/mol. The molecule has 17 heavy (non-hydrogen) atoms. The molecule has 1 heterocycles. The number of carbonyl (C=O) groups is 1. The summed E-state index contributed by atoms with van der Waals surface area (Å²) < 4.78 is 5.54. The Hall–Kier alpha value is -1.19. The Morgan fingerprint density at radius 3 is 2.88 bits per heavy atom. The Morgan fingerprint density at radius 1 is 1.41 bits per heavy atom. The molecule has 0 bridgehead atoms. The second-order valence-electron chi connectivity index (χ2n) is 4.62. The maximum atomic E-state index is 12.1. The number of rotatable bonds is 3. The maximum Gasteiger partial charge on any atom is 0.165 e. The third-order valence-electron chi connectivity index (χ3n) is 3.25. The van der Waals surface area contributed by atoms with Crippen molar-refractivity contribution in [2.75, 3.05) is 19.7 Å². The van der Waals surface area contributed by atoms with Crippen molar-refractivity contribution in [2.45, 2.75) is 26.4 Å². The summed E-state index contributed by atoms with van der Waals surface area (Å²) in [5.41, 5.74) is 3.18. The van der Waals surface area contributed by atoms with Crippen LogP contribution in [0.2, 0.25) is 0 Å². The van der Waals surface area contributed by atoms with Gasteiger partial charge in [0.25, 0.3) is 0 Å². The summed E-state index contributed by atoms with van der Waals surface area (Å²) in [7, 11) is 0. The molecule has 1 N–H and O–H groups in total. The van der Waals surface area contributed by atoms with Gasteiger partial charge in [0, 0.05) is 25.1 Å². The number of benzene rings is 1. The summed E-state index contributed by atoms with van der Waals surface area (Å²) in [6.07, 6.45) is 0.494. The second kappa shape index (κ2) is 5.43. The minimum Gasteiger partial charge on any atom is -0.375 e. The summed E-state index contributed by atoms with van der Waals surface area (Å²) >= 11 is 0. The predicted octanol–water partition coefficient (Wildman–Crippen LogP) is 1.86. The lowest BCUT2D eigenvalue weighted by atomic mass is 10.0. The third kappa shape index (κ3) is 3.14. The molecule has 1 aromatic rings. The highest BCUT2D eigenvalue weighted by Gasteiger charge is 2.18. The molecule has 1 saturated heterocycles. The van der Waals surface area contributed by atoms with Gasteiger partial charge in [-0.2, -0.15) is 0 Å². The van der Waals surface area contributed by atoms with Gasteiger partial charge in [-0.15, -0.1) is 0 Å². The number of ketones is 1. The fourth-order valence-corrected chi connectivity index (χ4v) is 1.99. The molecule has 1 aliphatic rings. The highest BCUT2D eigenvalue weighted by molar-refractivity contribution is 5.96. The highest BCUT2D eigenvalue weighted by Crippen LogP contribution is 2.13. The highest BCUT2D eigenvalue weighted by atomic mass is 16.5. The van der Waals surface area contributed by atoms with Crippen molar-refractivity contribution in [3.05, 3.63) is 34.9 Å². The van der Waals surface area contributed by atoms with Crippen LogP contribution in [0.1, 0.15) is 27.9 Å². The Labute approximate surface area is 102 Å². The zero-order valence-corrected chi connectivity index (χ0v) is 10.5. The van der Waals surface area contributed by atoms with Crippen LogP contribution in [-0.4, -0.2) is 31.6 Å². The van der Waals surface area contributed by atoms with Crippen LogP contribution in [0.15, 0.2) is 18.2 Å². The zero-order valence-electron chi connectivity index (χ0n) is 10.5. The van der Waals surface area contributed by atoms with Crippen molar-refractivity contribution >= 4 is 5.78 Å². The van der Waals surface area contributed by atoms with Crippen LogP contribution in [-0.2, 0) is 4.74 Å². The molecule has 0 radical (unpaired) electrons. The number of carbonyl (C=O) groups excluding carboxylic acids is 1. The van der Waals surface area contributed by atoms with E-state index in [1.54, 1.807) is 0 Å². The number of hydrogen-bond donors (Lipinski definition) is 1. The number of aryl methyl sites for hydroxylation is 2. The van der Waals surface area contributed by atoms with Gasteiger partial charge in [-0.05, 0) is 31.0 Å². The number of hydrogen-bond acceptors (Lipinski definition) is 3. The molecule has 0 amide bonds. The average molecular weight is 233 g/mol. The van der Waals surface area contributed by atoms with Gasteiger partial charge in [0.1, 0.15) is 0 Å². The Kier molecular flexibility index (Phi) is 3.92. The first-order chi connectivity index (χ1) is 8.16. The average Bonchev–Trinajstić information content (AvgIpc) is 2.34. The molecule has 1 aromatic carbocycles. The van der Waals surface area contributed by atoms with Crippen molar-refractivity contribution in [3.63, 3.8) is 0 Å². The first kappa shape index (κ1) is 12.3. The van der Waals surface area contributed by atoms with Gasteiger partial charge in [-0.25, -0.2) is 0 Å². The van der Waals surface area contributed by atoms with Crippen LogP contribution in [0.25, 0.3) is 0 Å². The predicted molar refractivity (Wildman–Crippen MR) is 67.5 cm³/mol. The minimum atomic E-state index is 0.0258. The molecule has 3 nitrogen and oxygen atoms in total. The Balaban J connectivity index is 2.01. The monoisotopic (exact) mass is 233 g/mol. The lowest BCUT2D eigenvalue weighted by molar-refractivity contribution is 0.0240. The summed E-state index contributed by atoms with van der Waals surface area (Å²) in [5.74, 6) is 0.168. The second-order valence-corrected chi connectivity index (χ2v) is 4.62. The van der Waals surface area contributed by atoms with Gasteiger partial charge in [-0.3, -0.25) is 4.79 Å². The molecule has 0 aliphatic carbocycles. The van der Waals surface area contributed by atoms with Gasteiger partial charge in [0.15, 0.2) is 5.78 Å². The molecule has 3 heteroatoms. The summed E-state index contributed by atoms with van der Waals surface area (Å²) in [6.45, 7) is 6.44. The number of morpholine rings is 1. The van der Waals surface area contributed by atoms with E-state index in [9.17, 15) is 4.79 Å². The molecule has 92 valence electrons. The van der Waals surface area contributed by atoms with Gasteiger partial charge in [0.2, 0.25) is 0 Å². The summed E-state index contributed by atoms with van der Waals surface area (Å²) in [5, 5.41) is 3.23. The third-order valence-corrected chi connectivity index (χ3v) is 3.25. The molecule has 1 aliphatic heterocycles. The van der Waals surface area contributed by atoms with Crippen LogP contribution in [0.5, 0.6) is 0 Å². The largest absolute Gasteiger partial charge is 0.375 e. The summed E-state index contributed by atoms with van der Waals surface area (Å²) in [6, 6.07) is 5.87. The topological polar surface area (TPSA) is 38.3 Å². The molecule has 0 saturated carbocycles. The normalized spacial score (nSPS) is 20.2. The molecule has 2 rings (SSSR count). The van der Waals surface area contributed by atoms with Gasteiger partial charge < -0.3 is 10.1 Å².